The van der Waals surface area contributed by atoms with Crippen LogP contribution in [0, 0.1) is 41.4 Å². The summed E-state index contributed by atoms with van der Waals surface area (Å²) < 4.78 is 12.7. The van der Waals surface area contributed by atoms with E-state index < -0.39 is 35.5 Å². The molecule has 0 aromatic rings. The van der Waals surface area contributed by atoms with Gasteiger partial charge >= 0.3 is 0 Å². The molecule has 290 valence electrons. The largest absolute Gasteiger partial charge is 0.875 e. The number of carbonyl (C=O) groups is 2. The van der Waals surface area contributed by atoms with E-state index in [-0.39, 0.29) is 71.6 Å². The molecule has 3 N–H and O–H groups in total. The molecule has 2 aliphatic rings. The number of aliphatic hydroxyl groups excluding tert-OH is 3. The third-order valence-electron chi connectivity index (χ3n) is 11.9. The number of ether oxygens (including phenoxy) is 2. The van der Waals surface area contributed by atoms with Gasteiger partial charge < -0.3 is 39.8 Å². The first-order valence-corrected chi connectivity index (χ1v) is 19.4. The summed E-state index contributed by atoms with van der Waals surface area (Å²) in [5.74, 6) is -1.73. The third-order valence-corrected chi connectivity index (χ3v) is 11.9. The number of carboxylic acid groups (broad SMARTS) is 1. The van der Waals surface area contributed by atoms with Gasteiger partial charge in [0.25, 0.3) is 0 Å². The van der Waals surface area contributed by atoms with Gasteiger partial charge in [0.1, 0.15) is 0 Å². The number of carboxylic acids is 1. The SMILES string of the molecule is C[C@H](CC=C[C@H](C)[C@H](O)[C@H](C)[C@@H](O)C[C@H]1CC[C@](C)([C@H]2CC[C@@](C)([C@@H](C)O)O2)O1)C[C@@H](C)C([O-])=CC(=O)[C@@H](C)C[C@@H](C)C[C@@H](C)CCC(=O)[O-]. The average Bonchev–Trinajstić information content (AvgIpc) is 3.63. The Kier molecular flexibility index (Phi) is 17.7. The monoisotopic (exact) mass is 707 g/mol. The second-order valence-corrected chi connectivity index (χ2v) is 17.1. The van der Waals surface area contributed by atoms with E-state index in [0.29, 0.717) is 25.7 Å². The molecule has 0 radical (unpaired) electrons. The highest BCUT2D eigenvalue weighted by molar-refractivity contribution is 5.91. The van der Waals surface area contributed by atoms with E-state index in [9.17, 15) is 35.1 Å². The zero-order valence-electron chi connectivity index (χ0n) is 32.7. The van der Waals surface area contributed by atoms with Crippen molar-refractivity contribution in [3.05, 3.63) is 24.0 Å². The first-order chi connectivity index (χ1) is 23.2. The molecule has 2 rings (SSSR count). The number of allylic oxidation sites excluding steroid dienone is 3. The van der Waals surface area contributed by atoms with Gasteiger partial charge in [-0.05, 0) is 121 Å². The summed E-state index contributed by atoms with van der Waals surface area (Å²) in [4.78, 5) is 23.5. The van der Waals surface area contributed by atoms with Gasteiger partial charge in [0.15, 0.2) is 5.78 Å². The number of ketones is 1. The van der Waals surface area contributed by atoms with Crippen molar-refractivity contribution in [2.24, 2.45) is 41.4 Å². The zero-order valence-corrected chi connectivity index (χ0v) is 32.7. The summed E-state index contributed by atoms with van der Waals surface area (Å²) in [5.41, 5.74) is -1.02. The van der Waals surface area contributed by atoms with Crippen molar-refractivity contribution in [1.29, 1.82) is 0 Å². The van der Waals surface area contributed by atoms with Gasteiger partial charge in [-0.25, -0.2) is 0 Å². The van der Waals surface area contributed by atoms with E-state index in [1.54, 1.807) is 6.92 Å². The van der Waals surface area contributed by atoms with E-state index in [0.717, 1.165) is 38.5 Å². The van der Waals surface area contributed by atoms with E-state index in [4.69, 9.17) is 9.47 Å². The van der Waals surface area contributed by atoms with E-state index >= 15 is 0 Å². The average molecular weight is 707 g/mol. The molecule has 0 saturated carbocycles. The van der Waals surface area contributed by atoms with Crippen molar-refractivity contribution in [2.75, 3.05) is 0 Å². The molecule has 0 aromatic carbocycles. The lowest BCUT2D eigenvalue weighted by Gasteiger charge is -2.35. The number of hydrogen-bond acceptors (Lipinski definition) is 9. The Hall–Kier alpha value is -1.78. The van der Waals surface area contributed by atoms with Crippen LogP contribution in [-0.2, 0) is 19.1 Å². The van der Waals surface area contributed by atoms with Crippen LogP contribution in [0.2, 0.25) is 0 Å². The van der Waals surface area contributed by atoms with Crippen LogP contribution >= 0.6 is 0 Å². The van der Waals surface area contributed by atoms with Crippen molar-refractivity contribution in [3.63, 3.8) is 0 Å². The van der Waals surface area contributed by atoms with Gasteiger partial charge in [-0.15, -0.1) is 5.76 Å². The second kappa shape index (κ2) is 19.9. The maximum atomic E-state index is 12.9. The van der Waals surface area contributed by atoms with E-state index in [1.807, 2.05) is 53.7 Å². The molecule has 0 spiro atoms. The molecular formula is C41H70O9-2. The van der Waals surface area contributed by atoms with Crippen LogP contribution in [0.15, 0.2) is 24.0 Å². The number of hydrogen-bond donors (Lipinski definition) is 3. The topological polar surface area (TPSA) is 159 Å². The van der Waals surface area contributed by atoms with Crippen molar-refractivity contribution >= 4 is 11.8 Å². The Morgan fingerprint density at radius 3 is 2.08 bits per heavy atom. The molecule has 2 saturated heterocycles. The summed E-state index contributed by atoms with van der Waals surface area (Å²) in [6.45, 7) is 19.4. The highest BCUT2D eigenvalue weighted by Crippen LogP contribution is 2.45. The van der Waals surface area contributed by atoms with Gasteiger partial charge in [-0.1, -0.05) is 60.6 Å². The van der Waals surface area contributed by atoms with Gasteiger partial charge in [-0.2, -0.15) is 0 Å². The molecule has 0 bridgehead atoms. The Balaban J connectivity index is 1.77. The third kappa shape index (κ3) is 13.6. The molecule has 0 amide bonds. The van der Waals surface area contributed by atoms with Crippen LogP contribution in [0.4, 0.5) is 0 Å². The minimum absolute atomic E-state index is 0.0441. The Morgan fingerprint density at radius 1 is 0.840 bits per heavy atom. The molecule has 14 atom stereocenters. The number of aliphatic hydroxyl groups is 3. The van der Waals surface area contributed by atoms with Crippen molar-refractivity contribution < 1.29 is 44.6 Å². The minimum Gasteiger partial charge on any atom is -0.875 e. The van der Waals surface area contributed by atoms with Crippen molar-refractivity contribution in [1.82, 2.24) is 0 Å². The van der Waals surface area contributed by atoms with Crippen LogP contribution in [0.3, 0.4) is 0 Å². The standard InChI is InChI=1S/C41H72O9/c1-25(21-29(5)34(43)24-35(44)30(6)22-27(3)20-26(2)14-15-38(46)47)12-11-13-28(4)39(48)31(7)36(45)23-33-16-18-41(10,49-33)37-17-19-40(9,50-37)32(8)42/h11,13,24-33,36-37,39,42-43,45,48H,12,14-23H2,1-10H3,(H,46,47)/p-2/t25-,26+,27+,28+,29-,30+,31-,32-,33-,36+,37-,39+,40+,41-/m1/s1. The molecule has 0 unspecified atom stereocenters. The normalized spacial score (nSPS) is 30.7. The lowest BCUT2D eigenvalue weighted by Crippen LogP contribution is -2.44. The summed E-state index contributed by atoms with van der Waals surface area (Å²) in [7, 11) is 0. The van der Waals surface area contributed by atoms with Gasteiger partial charge in [-0.3, -0.25) is 4.79 Å². The van der Waals surface area contributed by atoms with E-state index in [1.165, 1.54) is 6.08 Å². The van der Waals surface area contributed by atoms with Crippen molar-refractivity contribution in [3.8, 4) is 0 Å². The second-order valence-electron chi connectivity index (χ2n) is 17.1. The minimum atomic E-state index is -1.04. The van der Waals surface area contributed by atoms with Crippen LogP contribution in [-0.4, -0.2) is 68.8 Å². The molecule has 50 heavy (non-hydrogen) atoms. The van der Waals surface area contributed by atoms with Crippen LogP contribution in [0.1, 0.15) is 140 Å². The smallest absolute Gasteiger partial charge is 0.157 e. The van der Waals surface area contributed by atoms with Gasteiger partial charge in [0.2, 0.25) is 0 Å². The summed E-state index contributed by atoms with van der Waals surface area (Å²) >= 11 is 0. The molecule has 0 aliphatic carbocycles. The fourth-order valence-corrected chi connectivity index (χ4v) is 8.00. The van der Waals surface area contributed by atoms with Crippen LogP contribution in [0.25, 0.3) is 0 Å². The highest BCUT2D eigenvalue weighted by atomic mass is 16.6. The summed E-state index contributed by atoms with van der Waals surface area (Å²) in [5, 5.41) is 55.9. The first-order valence-electron chi connectivity index (χ1n) is 19.4. The number of rotatable bonds is 22. The molecule has 0 aromatic heterocycles. The van der Waals surface area contributed by atoms with Gasteiger partial charge in [0.05, 0.1) is 41.7 Å². The lowest BCUT2D eigenvalue weighted by atomic mass is 9.85. The molecule has 2 fully saturated rings. The summed E-state index contributed by atoms with van der Waals surface area (Å²) in [6.07, 6.45) is 10.2. The molecule has 2 aliphatic heterocycles. The Morgan fingerprint density at radius 2 is 1.48 bits per heavy atom. The van der Waals surface area contributed by atoms with E-state index in [2.05, 4.69) is 20.8 Å². The zero-order chi connectivity index (χ0) is 38.0. The molecule has 2 heterocycles. The molecular weight excluding hydrogens is 636 g/mol. The quantitative estimate of drug-likeness (QED) is 0.0775. The highest BCUT2D eigenvalue weighted by Gasteiger charge is 2.51. The Bertz CT molecular complexity index is 1120. The fraction of sp³-hybridized carbons (Fsp3) is 0.854. The summed E-state index contributed by atoms with van der Waals surface area (Å²) in [6, 6.07) is 0. The fourth-order valence-electron chi connectivity index (χ4n) is 8.00. The number of carbonyl (C=O) groups excluding carboxylic acids is 2. The van der Waals surface area contributed by atoms with Crippen LogP contribution < -0.4 is 10.2 Å². The maximum Gasteiger partial charge on any atom is 0.157 e. The maximum absolute atomic E-state index is 12.9. The van der Waals surface area contributed by atoms with Crippen LogP contribution in [0.5, 0.6) is 0 Å². The lowest BCUT2D eigenvalue weighted by molar-refractivity contribution is -0.315. The molecule has 9 nitrogen and oxygen atoms in total. The van der Waals surface area contributed by atoms with Crippen molar-refractivity contribution in [2.45, 2.75) is 182 Å². The first kappa shape index (κ1) is 44.4. The predicted molar refractivity (Wildman–Crippen MR) is 192 cm³/mol. The van der Waals surface area contributed by atoms with Gasteiger partial charge in [0, 0.05) is 23.7 Å². The Labute approximate surface area is 302 Å². The predicted octanol–water partition coefficient (Wildman–Crippen LogP) is 5.27. The number of aliphatic carboxylic acids is 1. The molecule has 9 heteroatoms.